The molecule has 2 aromatic heterocycles. The summed E-state index contributed by atoms with van der Waals surface area (Å²) in [7, 11) is 3.44. The highest BCUT2D eigenvalue weighted by molar-refractivity contribution is 6.02. The number of imidazole rings is 1. The quantitative estimate of drug-likeness (QED) is 0.550. The van der Waals surface area contributed by atoms with Crippen molar-refractivity contribution in [1.29, 1.82) is 5.26 Å². The van der Waals surface area contributed by atoms with Gasteiger partial charge in [-0.3, -0.25) is 4.79 Å². The molecule has 2 atom stereocenters. The van der Waals surface area contributed by atoms with Crippen LogP contribution in [-0.4, -0.2) is 38.6 Å². The summed E-state index contributed by atoms with van der Waals surface area (Å²) in [5.41, 5.74) is 2.41. The molecule has 0 bridgehead atoms. The van der Waals surface area contributed by atoms with Gasteiger partial charge in [-0.05, 0) is 37.5 Å². The van der Waals surface area contributed by atoms with Gasteiger partial charge in [-0.15, -0.1) is 0 Å². The minimum absolute atomic E-state index is 0.145. The molecule has 0 spiro atoms. The maximum Gasteiger partial charge on any atom is 0.283 e. The van der Waals surface area contributed by atoms with Crippen LogP contribution in [0.1, 0.15) is 43.0 Å². The van der Waals surface area contributed by atoms with E-state index in [4.69, 9.17) is 15.0 Å². The lowest BCUT2D eigenvalue weighted by Crippen LogP contribution is -2.28. The highest BCUT2D eigenvalue weighted by atomic mass is 19.1. The molecular weight excluding hydrogens is 425 g/mol. The van der Waals surface area contributed by atoms with E-state index < -0.39 is 11.7 Å². The molecule has 1 aromatic carbocycles. The Labute approximate surface area is 190 Å². The number of benzene rings is 1. The van der Waals surface area contributed by atoms with Crippen LogP contribution in [0.5, 0.6) is 5.88 Å². The maximum atomic E-state index is 13.0. The Morgan fingerprint density at radius 1 is 1.36 bits per heavy atom. The van der Waals surface area contributed by atoms with Crippen molar-refractivity contribution in [2.75, 3.05) is 17.7 Å². The Kier molecular flexibility index (Phi) is 6.22. The molecule has 33 heavy (non-hydrogen) atoms. The van der Waals surface area contributed by atoms with Gasteiger partial charge >= 0.3 is 0 Å². The molecule has 1 aliphatic rings. The molecule has 0 unspecified atom stereocenters. The predicted molar refractivity (Wildman–Crippen MR) is 122 cm³/mol. The van der Waals surface area contributed by atoms with Gasteiger partial charge in [0.05, 0.1) is 24.3 Å². The lowest BCUT2D eigenvalue weighted by Gasteiger charge is -2.29. The van der Waals surface area contributed by atoms with Crippen molar-refractivity contribution in [3.05, 3.63) is 48.2 Å². The number of hydrogen-bond donors (Lipinski definition) is 2. The van der Waals surface area contributed by atoms with E-state index in [9.17, 15) is 9.18 Å². The third-order valence-corrected chi connectivity index (χ3v) is 5.86. The lowest BCUT2D eigenvalue weighted by atomic mass is 9.85. The fraction of sp³-hybridized carbons (Fsp3) is 0.348. The van der Waals surface area contributed by atoms with Gasteiger partial charge in [0, 0.05) is 24.7 Å². The molecule has 1 saturated carbocycles. The number of ether oxygens (including phenoxy) is 1. The maximum absolute atomic E-state index is 13.0. The Bertz CT molecular complexity index is 1260. The number of carbonyl (C=O) groups is 1. The molecule has 3 aromatic rings. The first-order valence-electron chi connectivity index (χ1n) is 10.6. The number of nitrogens with one attached hydrogen (secondary N) is 2. The Morgan fingerprint density at radius 2 is 2.18 bits per heavy atom. The van der Waals surface area contributed by atoms with E-state index in [1.807, 2.05) is 19.2 Å². The summed E-state index contributed by atoms with van der Waals surface area (Å²) in [6.45, 7) is 3.01. The molecule has 1 aliphatic carbocycles. The van der Waals surface area contributed by atoms with Gasteiger partial charge < -0.3 is 19.9 Å². The monoisotopic (exact) mass is 449 g/mol. The van der Waals surface area contributed by atoms with Crippen LogP contribution in [-0.2, 0) is 11.8 Å². The standard InChI is InChI=1S/C23H24FN7O2/c1-13(24)21(32)27-17-7-8-19-18(10-17)29-20(31(19)2)14-5-4-6-16(9-14)28-23-26-12-15(11-25)22(30-23)33-3/h7-8,10,12,14,16H,1,4-6,9H2,2-3H3,(H,27,32)(H,26,28,30)/t14-,16+/m0/s1. The van der Waals surface area contributed by atoms with Gasteiger partial charge in [0.15, 0.2) is 5.83 Å². The summed E-state index contributed by atoms with van der Waals surface area (Å²) in [5, 5.41) is 14.9. The molecule has 0 radical (unpaired) electrons. The van der Waals surface area contributed by atoms with E-state index in [0.717, 1.165) is 42.5 Å². The topological polar surface area (TPSA) is 118 Å². The number of rotatable bonds is 6. The van der Waals surface area contributed by atoms with Crippen LogP contribution in [0.15, 0.2) is 36.8 Å². The van der Waals surface area contributed by atoms with Crippen molar-refractivity contribution in [2.45, 2.75) is 37.6 Å². The number of fused-ring (bicyclic) bond motifs is 1. The second-order valence-corrected chi connectivity index (χ2v) is 8.02. The van der Waals surface area contributed by atoms with Crippen LogP contribution in [0.4, 0.5) is 16.0 Å². The van der Waals surface area contributed by atoms with Crippen molar-refractivity contribution < 1.29 is 13.9 Å². The van der Waals surface area contributed by atoms with E-state index in [1.54, 1.807) is 12.1 Å². The van der Waals surface area contributed by atoms with Crippen molar-refractivity contribution in [2.24, 2.45) is 7.05 Å². The fourth-order valence-corrected chi connectivity index (χ4v) is 4.27. The first kappa shape index (κ1) is 22.2. The zero-order valence-electron chi connectivity index (χ0n) is 18.4. The normalized spacial score (nSPS) is 17.9. The van der Waals surface area contributed by atoms with Gasteiger partial charge in [-0.25, -0.2) is 14.4 Å². The lowest BCUT2D eigenvalue weighted by molar-refractivity contribution is -0.114. The smallest absolute Gasteiger partial charge is 0.283 e. The number of nitriles is 1. The summed E-state index contributed by atoms with van der Waals surface area (Å²) in [5.74, 6) is -0.0613. The van der Waals surface area contributed by atoms with Crippen molar-refractivity contribution >= 4 is 28.6 Å². The number of aryl methyl sites for hydroxylation is 1. The SMILES string of the molecule is C=C(F)C(=O)Nc1ccc2c(c1)nc([C@H]1CCC[C@@H](Nc3ncc(C#N)c(OC)n3)C1)n2C. The Balaban J connectivity index is 1.52. The molecule has 0 saturated heterocycles. The van der Waals surface area contributed by atoms with E-state index in [1.165, 1.54) is 13.3 Å². The van der Waals surface area contributed by atoms with Gasteiger partial charge in [-0.1, -0.05) is 13.0 Å². The van der Waals surface area contributed by atoms with Gasteiger partial charge in [0.1, 0.15) is 17.5 Å². The molecule has 9 nitrogen and oxygen atoms in total. The van der Waals surface area contributed by atoms with Crippen LogP contribution in [0.25, 0.3) is 11.0 Å². The van der Waals surface area contributed by atoms with Crippen LogP contribution < -0.4 is 15.4 Å². The van der Waals surface area contributed by atoms with Gasteiger partial charge in [-0.2, -0.15) is 10.2 Å². The Hall–Kier alpha value is -4.00. The average molecular weight is 449 g/mol. The number of aromatic nitrogens is 4. The zero-order chi connectivity index (χ0) is 23.5. The summed E-state index contributed by atoms with van der Waals surface area (Å²) < 4.78 is 20.2. The van der Waals surface area contributed by atoms with Crippen LogP contribution in [0.2, 0.25) is 0 Å². The minimum atomic E-state index is -1.04. The fourth-order valence-electron chi connectivity index (χ4n) is 4.27. The molecule has 4 rings (SSSR count). The third-order valence-electron chi connectivity index (χ3n) is 5.86. The molecule has 1 fully saturated rings. The average Bonchev–Trinajstić information content (AvgIpc) is 3.14. The van der Waals surface area contributed by atoms with Crippen molar-refractivity contribution in [1.82, 2.24) is 19.5 Å². The number of methoxy groups -OCH3 is 1. The second-order valence-electron chi connectivity index (χ2n) is 8.02. The number of anilines is 2. The van der Waals surface area contributed by atoms with E-state index in [0.29, 0.717) is 11.6 Å². The summed E-state index contributed by atoms with van der Waals surface area (Å²) in [4.78, 5) is 24.9. The molecule has 170 valence electrons. The largest absolute Gasteiger partial charge is 0.480 e. The zero-order valence-corrected chi connectivity index (χ0v) is 18.4. The second kappa shape index (κ2) is 9.24. The minimum Gasteiger partial charge on any atom is -0.480 e. The van der Waals surface area contributed by atoms with Crippen molar-refractivity contribution in [3.63, 3.8) is 0 Å². The van der Waals surface area contributed by atoms with Crippen LogP contribution in [0.3, 0.4) is 0 Å². The third kappa shape index (κ3) is 4.62. The molecular formula is C23H24FN7O2. The van der Waals surface area contributed by atoms with Gasteiger partial charge in [0.2, 0.25) is 11.8 Å². The van der Waals surface area contributed by atoms with Crippen LogP contribution >= 0.6 is 0 Å². The molecule has 1 amide bonds. The number of carbonyl (C=O) groups excluding carboxylic acids is 1. The van der Waals surface area contributed by atoms with E-state index in [2.05, 4.69) is 31.7 Å². The predicted octanol–water partition coefficient (Wildman–Crippen LogP) is 3.80. The molecule has 10 heteroatoms. The van der Waals surface area contributed by atoms with Crippen LogP contribution in [0, 0.1) is 11.3 Å². The number of halogens is 1. The van der Waals surface area contributed by atoms with E-state index in [-0.39, 0.29) is 23.4 Å². The van der Waals surface area contributed by atoms with E-state index >= 15 is 0 Å². The van der Waals surface area contributed by atoms with Crippen molar-refractivity contribution in [3.8, 4) is 11.9 Å². The summed E-state index contributed by atoms with van der Waals surface area (Å²) in [6.07, 6.45) is 5.27. The van der Waals surface area contributed by atoms with Gasteiger partial charge in [0.25, 0.3) is 5.91 Å². The number of amides is 1. The first-order valence-corrected chi connectivity index (χ1v) is 10.6. The number of nitrogens with zero attached hydrogens (tertiary/aromatic N) is 5. The summed E-state index contributed by atoms with van der Waals surface area (Å²) >= 11 is 0. The number of hydrogen-bond acceptors (Lipinski definition) is 7. The highest BCUT2D eigenvalue weighted by Crippen LogP contribution is 2.35. The first-order chi connectivity index (χ1) is 15.9. The molecule has 0 aliphatic heterocycles. The highest BCUT2D eigenvalue weighted by Gasteiger charge is 2.27. The molecule has 2 N–H and O–H groups in total. The molecule has 2 heterocycles. The Morgan fingerprint density at radius 3 is 2.91 bits per heavy atom. The summed E-state index contributed by atoms with van der Waals surface area (Å²) in [6, 6.07) is 7.46.